The molecule has 0 spiro atoms. The van der Waals surface area contributed by atoms with E-state index in [2.05, 4.69) is 15.6 Å². The van der Waals surface area contributed by atoms with Gasteiger partial charge in [0.15, 0.2) is 5.13 Å². The lowest BCUT2D eigenvalue weighted by Crippen LogP contribution is -2.24. The van der Waals surface area contributed by atoms with Crippen molar-refractivity contribution in [3.63, 3.8) is 0 Å². The maximum absolute atomic E-state index is 13.0. The minimum absolute atomic E-state index is 0.171. The highest BCUT2D eigenvalue weighted by atomic mass is 32.2. The van der Waals surface area contributed by atoms with Gasteiger partial charge in [-0.2, -0.15) is 0 Å². The zero-order valence-electron chi connectivity index (χ0n) is 21.5. The van der Waals surface area contributed by atoms with E-state index in [9.17, 15) is 24.3 Å². The number of nitrogens with one attached hydrogen (secondary N) is 2. The normalized spacial score (nSPS) is 11.4. The third-order valence-electron chi connectivity index (χ3n) is 5.86. The van der Waals surface area contributed by atoms with Crippen LogP contribution >= 0.6 is 23.1 Å². The summed E-state index contributed by atoms with van der Waals surface area (Å²) in [5.41, 5.74) is 2.47. The Morgan fingerprint density at radius 2 is 1.68 bits per heavy atom. The van der Waals surface area contributed by atoms with E-state index in [1.807, 2.05) is 43.5 Å². The second kappa shape index (κ2) is 12.6. The van der Waals surface area contributed by atoms with E-state index in [0.717, 1.165) is 27.8 Å². The number of benzene rings is 3. The van der Waals surface area contributed by atoms with Gasteiger partial charge in [-0.25, -0.2) is 14.6 Å². The molecule has 1 heterocycles. The van der Waals surface area contributed by atoms with E-state index in [4.69, 9.17) is 5.11 Å². The number of nitrogens with zero attached hydrogens (tertiary/aromatic N) is 1. The number of hydrogen-bond acceptors (Lipinski definition) is 7. The van der Waals surface area contributed by atoms with Crippen LogP contribution in [0.1, 0.15) is 50.0 Å². The molecule has 1 aromatic heterocycles. The Labute approximate surface area is 238 Å². The van der Waals surface area contributed by atoms with Gasteiger partial charge in [0.25, 0.3) is 5.91 Å². The first kappa shape index (κ1) is 28.5. The Balaban J connectivity index is 1.43. The summed E-state index contributed by atoms with van der Waals surface area (Å²) in [7, 11) is 0. The molecule has 0 radical (unpaired) electrons. The average molecular weight is 576 g/mol. The molecule has 1 unspecified atom stereocenters. The lowest BCUT2D eigenvalue weighted by Gasteiger charge is -2.15. The maximum Gasteiger partial charge on any atom is 0.336 e. The molecule has 0 bridgehead atoms. The quantitative estimate of drug-likeness (QED) is 0.162. The van der Waals surface area contributed by atoms with E-state index in [1.165, 1.54) is 35.2 Å². The number of carboxylic acids is 2. The number of carbonyl (C=O) groups excluding carboxylic acids is 2. The molecule has 40 heavy (non-hydrogen) atoms. The van der Waals surface area contributed by atoms with Crippen LogP contribution in [0.3, 0.4) is 0 Å². The standard InChI is InChI=1S/C29H25N3O6S2/c1-3-24(26(34)32-29-31-23(15-39-29)17-9-7-16(2)8-10-17)40-20-6-4-5-19(14-20)30-25(33)21-12-11-18(27(35)36)13-22(21)28(37)38/h4-15,24H,3H2,1-2H3,(H,30,33)(H,35,36)(H,37,38)(H,31,32,34). The number of aryl methyl sites for hydroxylation is 1. The Morgan fingerprint density at radius 3 is 2.35 bits per heavy atom. The smallest absolute Gasteiger partial charge is 0.336 e. The van der Waals surface area contributed by atoms with Crippen molar-refractivity contribution >= 4 is 57.7 Å². The largest absolute Gasteiger partial charge is 0.478 e. The van der Waals surface area contributed by atoms with Crippen molar-refractivity contribution in [1.82, 2.24) is 4.98 Å². The molecule has 4 N–H and O–H groups in total. The molecule has 11 heteroatoms. The van der Waals surface area contributed by atoms with Crippen LogP contribution in [0.5, 0.6) is 0 Å². The van der Waals surface area contributed by atoms with Crippen LogP contribution in [0.15, 0.2) is 77.0 Å². The molecule has 0 aliphatic carbocycles. The molecule has 0 saturated heterocycles. The Hall–Kier alpha value is -4.48. The van der Waals surface area contributed by atoms with E-state index < -0.39 is 28.7 Å². The van der Waals surface area contributed by atoms with Crippen molar-refractivity contribution < 1.29 is 29.4 Å². The van der Waals surface area contributed by atoms with Crippen molar-refractivity contribution in [2.45, 2.75) is 30.4 Å². The van der Waals surface area contributed by atoms with Crippen LogP contribution in [0.25, 0.3) is 11.3 Å². The number of carbonyl (C=O) groups is 4. The second-order valence-corrected chi connectivity index (χ2v) is 10.9. The fraction of sp³-hybridized carbons (Fsp3) is 0.138. The molecule has 2 amide bonds. The lowest BCUT2D eigenvalue weighted by molar-refractivity contribution is -0.115. The van der Waals surface area contributed by atoms with Crippen LogP contribution in [0.4, 0.5) is 10.8 Å². The Bertz CT molecular complexity index is 1580. The van der Waals surface area contributed by atoms with E-state index in [1.54, 1.807) is 24.3 Å². The summed E-state index contributed by atoms with van der Waals surface area (Å²) in [6.07, 6.45) is 0.543. The summed E-state index contributed by atoms with van der Waals surface area (Å²) in [6, 6.07) is 18.1. The average Bonchev–Trinajstić information content (AvgIpc) is 3.40. The number of thiazole rings is 1. The van der Waals surface area contributed by atoms with Crippen LogP contribution in [0.2, 0.25) is 0 Å². The van der Waals surface area contributed by atoms with Gasteiger partial charge in [0.2, 0.25) is 5.91 Å². The van der Waals surface area contributed by atoms with E-state index >= 15 is 0 Å². The minimum Gasteiger partial charge on any atom is -0.478 e. The lowest BCUT2D eigenvalue weighted by atomic mass is 10.0. The number of amides is 2. The van der Waals surface area contributed by atoms with Crippen LogP contribution < -0.4 is 10.6 Å². The SMILES string of the molecule is CCC(Sc1cccc(NC(=O)c2ccc(C(=O)O)cc2C(=O)O)c1)C(=O)Nc1nc(-c2ccc(C)cc2)cs1. The molecule has 4 aromatic rings. The third-order valence-corrected chi connectivity index (χ3v) is 7.97. The Kier molecular flexibility index (Phi) is 8.97. The topological polar surface area (TPSA) is 146 Å². The van der Waals surface area contributed by atoms with E-state index in [0.29, 0.717) is 17.2 Å². The number of aromatic carboxylic acids is 2. The molecular weight excluding hydrogens is 550 g/mol. The molecule has 3 aromatic carbocycles. The van der Waals surface area contributed by atoms with Crippen molar-refractivity contribution in [1.29, 1.82) is 0 Å². The monoisotopic (exact) mass is 575 g/mol. The highest BCUT2D eigenvalue weighted by Gasteiger charge is 2.21. The van der Waals surface area contributed by atoms with Crippen molar-refractivity contribution in [2.75, 3.05) is 10.6 Å². The molecule has 1 atom stereocenters. The highest BCUT2D eigenvalue weighted by molar-refractivity contribution is 8.00. The number of carboxylic acid groups (broad SMARTS) is 2. The van der Waals surface area contributed by atoms with Gasteiger partial charge in [-0.1, -0.05) is 42.8 Å². The predicted octanol–water partition coefficient (Wildman–Crippen LogP) is 6.28. The number of rotatable bonds is 10. The first-order chi connectivity index (χ1) is 19.1. The minimum atomic E-state index is -1.42. The fourth-order valence-electron chi connectivity index (χ4n) is 3.76. The molecule has 0 aliphatic heterocycles. The summed E-state index contributed by atoms with van der Waals surface area (Å²) >= 11 is 2.67. The predicted molar refractivity (Wildman–Crippen MR) is 156 cm³/mol. The summed E-state index contributed by atoms with van der Waals surface area (Å²) < 4.78 is 0. The van der Waals surface area contributed by atoms with Crippen molar-refractivity contribution in [3.8, 4) is 11.3 Å². The number of anilines is 2. The molecule has 204 valence electrons. The Morgan fingerprint density at radius 1 is 0.925 bits per heavy atom. The maximum atomic E-state index is 13.0. The zero-order chi connectivity index (χ0) is 28.8. The fourth-order valence-corrected chi connectivity index (χ4v) is 5.49. The van der Waals surface area contributed by atoms with Gasteiger partial charge in [-0.15, -0.1) is 23.1 Å². The molecule has 4 rings (SSSR count). The van der Waals surface area contributed by atoms with Gasteiger partial charge in [-0.05, 0) is 49.7 Å². The summed E-state index contributed by atoms with van der Waals surface area (Å²) in [6.45, 7) is 3.91. The van der Waals surface area contributed by atoms with Crippen LogP contribution in [-0.2, 0) is 4.79 Å². The highest BCUT2D eigenvalue weighted by Crippen LogP contribution is 2.30. The third kappa shape index (κ3) is 6.93. The van der Waals surface area contributed by atoms with Gasteiger partial charge in [0, 0.05) is 21.5 Å². The summed E-state index contributed by atoms with van der Waals surface area (Å²) in [4.78, 5) is 54.0. The van der Waals surface area contributed by atoms with Crippen molar-refractivity contribution in [3.05, 3.63) is 94.4 Å². The van der Waals surface area contributed by atoms with E-state index in [-0.39, 0.29) is 17.0 Å². The van der Waals surface area contributed by atoms with Crippen molar-refractivity contribution in [2.24, 2.45) is 0 Å². The summed E-state index contributed by atoms with van der Waals surface area (Å²) in [5.74, 6) is -3.61. The number of aromatic nitrogens is 1. The number of thioether (sulfide) groups is 1. The molecule has 0 saturated carbocycles. The summed E-state index contributed by atoms with van der Waals surface area (Å²) in [5, 5.41) is 26.1. The molecule has 0 fully saturated rings. The first-order valence-corrected chi connectivity index (χ1v) is 13.9. The molecular formula is C29H25N3O6S2. The van der Waals surface area contributed by atoms with Gasteiger partial charge < -0.3 is 20.8 Å². The molecule has 9 nitrogen and oxygen atoms in total. The first-order valence-electron chi connectivity index (χ1n) is 12.2. The number of hydrogen-bond donors (Lipinski definition) is 4. The van der Waals surface area contributed by atoms with Gasteiger partial charge in [-0.3, -0.25) is 9.59 Å². The second-order valence-electron chi connectivity index (χ2n) is 8.76. The van der Waals surface area contributed by atoms with Crippen LogP contribution in [-0.4, -0.2) is 44.2 Å². The van der Waals surface area contributed by atoms with Gasteiger partial charge >= 0.3 is 11.9 Å². The van der Waals surface area contributed by atoms with Gasteiger partial charge in [0.1, 0.15) is 0 Å². The zero-order valence-corrected chi connectivity index (χ0v) is 23.1. The van der Waals surface area contributed by atoms with Gasteiger partial charge in [0.05, 0.1) is 27.6 Å². The molecule has 0 aliphatic rings. The van der Waals surface area contributed by atoms with Crippen LogP contribution in [0, 0.1) is 6.92 Å².